The fraction of sp³-hybridized carbons (Fsp3) is 0.250. The minimum Gasteiger partial charge on any atom is -0.403 e. The number of alkyl halides is 3. The van der Waals surface area contributed by atoms with Gasteiger partial charge in [-0.1, -0.05) is 36.4 Å². The molecule has 2 atom stereocenters. The van der Waals surface area contributed by atoms with E-state index in [-0.39, 0.29) is 12.0 Å². The number of halogens is 4. The number of benzene rings is 2. The van der Waals surface area contributed by atoms with Gasteiger partial charge in [-0.15, -0.1) is 13.2 Å². The Kier molecular flexibility index (Phi) is 5.23. The maximum Gasteiger partial charge on any atom is 0.573 e. The lowest BCUT2D eigenvalue weighted by Gasteiger charge is -2.20. The molecule has 23 heavy (non-hydrogen) atoms. The zero-order chi connectivity index (χ0) is 17.0. The van der Waals surface area contributed by atoms with Crippen LogP contribution in [0.15, 0.2) is 48.5 Å². The third kappa shape index (κ3) is 4.94. The van der Waals surface area contributed by atoms with Crippen LogP contribution in [0.1, 0.15) is 17.2 Å². The van der Waals surface area contributed by atoms with Gasteiger partial charge in [0.05, 0.1) is 12.1 Å². The average Bonchev–Trinajstić information content (AvgIpc) is 2.48. The van der Waals surface area contributed by atoms with Gasteiger partial charge in [0.15, 0.2) is 11.6 Å². The van der Waals surface area contributed by atoms with Crippen molar-refractivity contribution in [3.63, 3.8) is 0 Å². The van der Waals surface area contributed by atoms with Crippen LogP contribution in [0, 0.1) is 5.82 Å². The Labute approximate surface area is 130 Å². The molecule has 3 nitrogen and oxygen atoms in total. The first kappa shape index (κ1) is 17.2. The van der Waals surface area contributed by atoms with Crippen LogP contribution in [0.4, 0.5) is 17.6 Å². The molecule has 2 aromatic rings. The number of aliphatic hydroxyl groups is 1. The Morgan fingerprint density at radius 3 is 2.30 bits per heavy atom. The van der Waals surface area contributed by atoms with E-state index in [1.165, 1.54) is 6.07 Å². The minimum absolute atomic E-state index is 0.181. The van der Waals surface area contributed by atoms with E-state index in [4.69, 9.17) is 5.73 Å². The van der Waals surface area contributed by atoms with Crippen LogP contribution in [-0.2, 0) is 6.42 Å². The molecule has 0 unspecified atom stereocenters. The Hall–Kier alpha value is -2.12. The highest BCUT2D eigenvalue weighted by atomic mass is 19.4. The summed E-state index contributed by atoms with van der Waals surface area (Å²) in [5.41, 5.74) is 6.87. The van der Waals surface area contributed by atoms with Crippen LogP contribution >= 0.6 is 0 Å². The number of rotatable bonds is 5. The van der Waals surface area contributed by atoms with Crippen LogP contribution in [0.2, 0.25) is 0 Å². The zero-order valence-corrected chi connectivity index (χ0v) is 11.9. The van der Waals surface area contributed by atoms with Crippen molar-refractivity contribution < 1.29 is 27.4 Å². The van der Waals surface area contributed by atoms with Crippen LogP contribution in [0.5, 0.6) is 5.75 Å². The van der Waals surface area contributed by atoms with E-state index in [0.29, 0.717) is 0 Å². The summed E-state index contributed by atoms with van der Waals surface area (Å²) in [7, 11) is 0. The van der Waals surface area contributed by atoms with Crippen molar-refractivity contribution in [2.75, 3.05) is 0 Å². The fourth-order valence-corrected chi connectivity index (χ4v) is 2.14. The van der Waals surface area contributed by atoms with Gasteiger partial charge >= 0.3 is 6.36 Å². The van der Waals surface area contributed by atoms with E-state index in [0.717, 1.165) is 17.7 Å². The second-order valence-electron chi connectivity index (χ2n) is 5.02. The van der Waals surface area contributed by atoms with E-state index in [1.54, 1.807) is 24.3 Å². The Bertz CT molecular complexity index is 646. The van der Waals surface area contributed by atoms with Crippen LogP contribution < -0.4 is 10.5 Å². The van der Waals surface area contributed by atoms with Gasteiger partial charge in [0, 0.05) is 6.42 Å². The van der Waals surface area contributed by atoms with Gasteiger partial charge in [0.2, 0.25) is 0 Å². The minimum atomic E-state index is -4.97. The molecule has 0 saturated heterocycles. The maximum absolute atomic E-state index is 13.7. The van der Waals surface area contributed by atoms with E-state index in [2.05, 4.69) is 4.74 Å². The summed E-state index contributed by atoms with van der Waals surface area (Å²) in [6.07, 6.45) is -5.74. The predicted octanol–water partition coefficient (Wildman–Crippen LogP) is 3.33. The van der Waals surface area contributed by atoms with Crippen LogP contribution in [0.3, 0.4) is 0 Å². The number of ether oxygens (including phenoxy) is 1. The molecule has 0 aliphatic heterocycles. The van der Waals surface area contributed by atoms with Gasteiger partial charge in [0.1, 0.15) is 0 Å². The highest BCUT2D eigenvalue weighted by molar-refractivity contribution is 5.32. The van der Waals surface area contributed by atoms with Crippen molar-refractivity contribution in [1.82, 2.24) is 0 Å². The summed E-state index contributed by atoms with van der Waals surface area (Å²) in [5.74, 6) is -2.13. The Balaban J connectivity index is 2.10. The van der Waals surface area contributed by atoms with Gasteiger partial charge < -0.3 is 15.6 Å². The number of aliphatic hydroxyl groups excluding tert-OH is 1. The summed E-state index contributed by atoms with van der Waals surface area (Å²) < 4.78 is 53.5. The van der Waals surface area contributed by atoms with Gasteiger partial charge in [-0.05, 0) is 23.3 Å². The molecular weight excluding hydrogens is 314 g/mol. The third-order valence-electron chi connectivity index (χ3n) is 3.27. The number of nitrogens with two attached hydrogens (primary N) is 1. The fourth-order valence-electron chi connectivity index (χ4n) is 2.14. The van der Waals surface area contributed by atoms with Crippen molar-refractivity contribution in [2.24, 2.45) is 5.73 Å². The maximum atomic E-state index is 13.7. The quantitative estimate of drug-likeness (QED) is 0.828. The topological polar surface area (TPSA) is 55.5 Å². The van der Waals surface area contributed by atoms with Gasteiger partial charge in [-0.2, -0.15) is 0 Å². The predicted molar refractivity (Wildman–Crippen MR) is 76.2 cm³/mol. The molecule has 0 spiro atoms. The van der Waals surface area contributed by atoms with Crippen LogP contribution in [-0.4, -0.2) is 17.6 Å². The van der Waals surface area contributed by atoms with Crippen molar-refractivity contribution in [2.45, 2.75) is 24.9 Å². The first-order chi connectivity index (χ1) is 10.8. The molecule has 0 bridgehead atoms. The largest absolute Gasteiger partial charge is 0.573 e. The molecule has 2 aromatic carbocycles. The monoisotopic (exact) mass is 329 g/mol. The van der Waals surface area contributed by atoms with E-state index in [1.807, 2.05) is 6.07 Å². The van der Waals surface area contributed by atoms with Gasteiger partial charge in [0.25, 0.3) is 0 Å². The molecule has 7 heteroatoms. The number of hydrogen-bond acceptors (Lipinski definition) is 3. The first-order valence-electron chi connectivity index (χ1n) is 6.79. The van der Waals surface area contributed by atoms with Gasteiger partial charge in [-0.3, -0.25) is 0 Å². The lowest BCUT2D eigenvalue weighted by Crippen LogP contribution is -2.28. The summed E-state index contributed by atoms with van der Waals surface area (Å²) in [6, 6.07) is 11.0. The third-order valence-corrected chi connectivity index (χ3v) is 3.27. The lowest BCUT2D eigenvalue weighted by atomic mass is 9.97. The number of hydrogen-bond donors (Lipinski definition) is 2. The zero-order valence-electron chi connectivity index (χ0n) is 11.9. The summed E-state index contributed by atoms with van der Waals surface area (Å²) in [5, 5.41) is 10.1. The van der Waals surface area contributed by atoms with Crippen molar-refractivity contribution in [3.8, 4) is 5.75 Å². The standard InChI is InChI=1S/C16H15F4NO2/c17-12-9-11(6-7-14(12)23-16(18,19)20)15(21)13(22)8-10-4-2-1-3-5-10/h1-7,9,13,15,22H,8,21H2/t13-,15+/m1/s1. The van der Waals surface area contributed by atoms with E-state index in [9.17, 15) is 22.7 Å². The highest BCUT2D eigenvalue weighted by Crippen LogP contribution is 2.28. The van der Waals surface area contributed by atoms with Crippen molar-refractivity contribution in [3.05, 3.63) is 65.5 Å². The molecule has 0 heterocycles. The average molecular weight is 329 g/mol. The molecule has 2 rings (SSSR count). The molecule has 3 N–H and O–H groups in total. The Morgan fingerprint density at radius 1 is 1.09 bits per heavy atom. The molecule has 0 amide bonds. The molecular formula is C16H15F4NO2. The van der Waals surface area contributed by atoms with Gasteiger partial charge in [-0.25, -0.2) is 4.39 Å². The van der Waals surface area contributed by atoms with E-state index >= 15 is 0 Å². The van der Waals surface area contributed by atoms with Crippen molar-refractivity contribution >= 4 is 0 Å². The highest BCUT2D eigenvalue weighted by Gasteiger charge is 2.32. The molecule has 0 aliphatic carbocycles. The second-order valence-corrected chi connectivity index (χ2v) is 5.02. The van der Waals surface area contributed by atoms with Crippen LogP contribution in [0.25, 0.3) is 0 Å². The molecule has 0 aliphatic rings. The normalized spacial score (nSPS) is 14.3. The smallest absolute Gasteiger partial charge is 0.403 e. The lowest BCUT2D eigenvalue weighted by molar-refractivity contribution is -0.275. The molecule has 124 valence electrons. The summed E-state index contributed by atoms with van der Waals surface area (Å²) in [4.78, 5) is 0. The second kappa shape index (κ2) is 6.97. The first-order valence-corrected chi connectivity index (χ1v) is 6.79. The molecule has 0 fully saturated rings. The molecule has 0 saturated carbocycles. The molecule has 0 radical (unpaired) electrons. The van der Waals surface area contributed by atoms with E-state index < -0.39 is 30.1 Å². The SMILES string of the molecule is N[C@@H](c1ccc(OC(F)(F)F)c(F)c1)[C@H](O)Cc1ccccc1. The van der Waals surface area contributed by atoms with Crippen molar-refractivity contribution in [1.29, 1.82) is 0 Å². The summed E-state index contributed by atoms with van der Waals surface area (Å²) in [6.45, 7) is 0. The molecule has 0 aromatic heterocycles. The summed E-state index contributed by atoms with van der Waals surface area (Å²) >= 11 is 0. The Morgan fingerprint density at radius 2 is 1.74 bits per heavy atom.